The van der Waals surface area contributed by atoms with E-state index in [2.05, 4.69) is 18.7 Å². The van der Waals surface area contributed by atoms with Gasteiger partial charge in [0.2, 0.25) is 0 Å². The molecule has 0 heterocycles. The molecule has 0 aliphatic heterocycles. The summed E-state index contributed by atoms with van der Waals surface area (Å²) in [5, 5.41) is 11.2. The number of halogens is 2. The lowest BCUT2D eigenvalue weighted by Gasteiger charge is -2.42. The van der Waals surface area contributed by atoms with Crippen molar-refractivity contribution in [2.75, 3.05) is 19.6 Å². The Kier molecular flexibility index (Phi) is 7.81. The predicted octanol–water partition coefficient (Wildman–Crippen LogP) is 4.05. The largest absolute Gasteiger partial charge is 0.389 e. The molecule has 0 saturated heterocycles. The molecule has 4 heteroatoms. The van der Waals surface area contributed by atoms with Gasteiger partial charge in [-0.05, 0) is 37.6 Å². The molecular formula is C18H29ClFNO. The number of hydrogen-bond acceptors (Lipinski definition) is 2. The molecule has 1 fully saturated rings. The van der Waals surface area contributed by atoms with E-state index in [4.69, 9.17) is 0 Å². The van der Waals surface area contributed by atoms with Crippen LogP contribution < -0.4 is 0 Å². The third-order valence-electron chi connectivity index (χ3n) is 5.00. The molecule has 2 unspecified atom stereocenters. The van der Waals surface area contributed by atoms with Gasteiger partial charge in [-0.15, -0.1) is 12.4 Å². The van der Waals surface area contributed by atoms with Gasteiger partial charge in [0.1, 0.15) is 5.82 Å². The highest BCUT2D eigenvalue weighted by molar-refractivity contribution is 5.85. The average molecular weight is 330 g/mol. The Bertz CT molecular complexity index is 452. The molecule has 0 amide bonds. The Hall–Kier alpha value is -0.640. The van der Waals surface area contributed by atoms with Crippen molar-refractivity contribution in [2.24, 2.45) is 5.92 Å². The van der Waals surface area contributed by atoms with E-state index < -0.39 is 5.60 Å². The van der Waals surface area contributed by atoms with Gasteiger partial charge in [0.05, 0.1) is 5.60 Å². The molecular weight excluding hydrogens is 301 g/mol. The Morgan fingerprint density at radius 1 is 1.23 bits per heavy atom. The van der Waals surface area contributed by atoms with E-state index >= 15 is 0 Å². The Morgan fingerprint density at radius 3 is 2.55 bits per heavy atom. The molecule has 1 aromatic rings. The fraction of sp³-hybridized carbons (Fsp3) is 0.667. The summed E-state index contributed by atoms with van der Waals surface area (Å²) in [7, 11) is 0. The first kappa shape index (κ1) is 19.4. The number of aliphatic hydroxyl groups is 1. The fourth-order valence-electron chi connectivity index (χ4n) is 3.55. The van der Waals surface area contributed by atoms with Crippen LogP contribution in [0.25, 0.3) is 0 Å². The molecule has 22 heavy (non-hydrogen) atoms. The van der Waals surface area contributed by atoms with E-state index in [1.165, 1.54) is 12.5 Å². The third-order valence-corrected chi connectivity index (χ3v) is 5.00. The van der Waals surface area contributed by atoms with Crippen LogP contribution in [0.4, 0.5) is 4.39 Å². The van der Waals surface area contributed by atoms with Crippen molar-refractivity contribution < 1.29 is 9.50 Å². The molecule has 126 valence electrons. The zero-order chi connectivity index (χ0) is 15.3. The Morgan fingerprint density at radius 2 is 1.91 bits per heavy atom. The average Bonchev–Trinajstić information content (AvgIpc) is 2.49. The van der Waals surface area contributed by atoms with Crippen molar-refractivity contribution in [3.05, 3.63) is 35.6 Å². The molecule has 0 radical (unpaired) electrons. The number of nitrogens with zero attached hydrogens (tertiary/aromatic N) is 1. The van der Waals surface area contributed by atoms with Crippen LogP contribution in [0.15, 0.2) is 24.3 Å². The van der Waals surface area contributed by atoms with Crippen molar-refractivity contribution in [2.45, 2.75) is 51.6 Å². The highest BCUT2D eigenvalue weighted by Crippen LogP contribution is 2.37. The van der Waals surface area contributed by atoms with Gasteiger partial charge < -0.3 is 10.0 Å². The van der Waals surface area contributed by atoms with Crippen LogP contribution in [0.2, 0.25) is 0 Å². The van der Waals surface area contributed by atoms with Gasteiger partial charge in [0.15, 0.2) is 0 Å². The smallest absolute Gasteiger partial charge is 0.126 e. The van der Waals surface area contributed by atoms with Crippen LogP contribution in [-0.2, 0) is 6.42 Å². The van der Waals surface area contributed by atoms with E-state index in [-0.39, 0.29) is 24.1 Å². The predicted molar refractivity (Wildman–Crippen MR) is 92.0 cm³/mol. The minimum absolute atomic E-state index is 0. The molecule has 0 bridgehead atoms. The Labute approximate surface area is 140 Å². The van der Waals surface area contributed by atoms with E-state index in [1.54, 1.807) is 12.1 Å². The van der Waals surface area contributed by atoms with Gasteiger partial charge in [-0.2, -0.15) is 0 Å². The second kappa shape index (κ2) is 8.85. The number of hydrogen-bond donors (Lipinski definition) is 1. The summed E-state index contributed by atoms with van der Waals surface area (Å²) in [5.74, 6) is 0.0452. The molecule has 2 nitrogen and oxygen atoms in total. The topological polar surface area (TPSA) is 23.5 Å². The standard InChI is InChI=1S/C18H28FNO.ClH/c1-3-20(4-2)14-16-10-7-8-12-18(16,21)13-15-9-5-6-11-17(15)19;/h5-6,9,11,16,21H,3-4,7-8,10,12-14H2,1-2H3;1H. The van der Waals surface area contributed by atoms with Crippen LogP contribution in [0.1, 0.15) is 45.1 Å². The maximum absolute atomic E-state index is 13.9. The zero-order valence-electron chi connectivity index (χ0n) is 13.7. The number of rotatable bonds is 6. The minimum Gasteiger partial charge on any atom is -0.389 e. The second-order valence-corrected chi connectivity index (χ2v) is 6.30. The Balaban J connectivity index is 0.00000242. The molecule has 1 aliphatic carbocycles. The molecule has 0 spiro atoms. The van der Waals surface area contributed by atoms with Gasteiger partial charge in [0.25, 0.3) is 0 Å². The summed E-state index contributed by atoms with van der Waals surface area (Å²) >= 11 is 0. The van der Waals surface area contributed by atoms with Gasteiger partial charge in [-0.1, -0.05) is 44.9 Å². The second-order valence-electron chi connectivity index (χ2n) is 6.30. The summed E-state index contributed by atoms with van der Waals surface area (Å²) in [5.41, 5.74) is -0.116. The van der Waals surface area contributed by atoms with Crippen molar-refractivity contribution in [1.29, 1.82) is 0 Å². The lowest BCUT2D eigenvalue weighted by atomic mass is 9.72. The number of benzene rings is 1. The molecule has 2 rings (SSSR count). The first-order valence-electron chi connectivity index (χ1n) is 8.27. The van der Waals surface area contributed by atoms with E-state index in [0.717, 1.165) is 38.9 Å². The zero-order valence-corrected chi connectivity index (χ0v) is 14.5. The fourth-order valence-corrected chi connectivity index (χ4v) is 3.55. The summed E-state index contributed by atoms with van der Waals surface area (Å²) in [6, 6.07) is 6.85. The molecule has 1 N–H and O–H groups in total. The molecule has 1 aromatic carbocycles. The van der Waals surface area contributed by atoms with E-state index in [1.807, 2.05) is 6.07 Å². The normalized spacial score (nSPS) is 25.0. The maximum Gasteiger partial charge on any atom is 0.126 e. The van der Waals surface area contributed by atoms with E-state index in [9.17, 15) is 9.50 Å². The van der Waals surface area contributed by atoms with Crippen LogP contribution in [0.3, 0.4) is 0 Å². The van der Waals surface area contributed by atoms with Crippen molar-refractivity contribution in [3.8, 4) is 0 Å². The van der Waals surface area contributed by atoms with Gasteiger partial charge in [-0.25, -0.2) is 4.39 Å². The minimum atomic E-state index is -0.761. The SMILES string of the molecule is CCN(CC)CC1CCCCC1(O)Cc1ccccc1F.Cl. The van der Waals surface area contributed by atoms with Crippen molar-refractivity contribution >= 4 is 12.4 Å². The highest BCUT2D eigenvalue weighted by atomic mass is 35.5. The first-order valence-corrected chi connectivity index (χ1v) is 8.27. The lowest BCUT2D eigenvalue weighted by molar-refractivity contribution is -0.0588. The van der Waals surface area contributed by atoms with Gasteiger partial charge in [-0.3, -0.25) is 0 Å². The monoisotopic (exact) mass is 329 g/mol. The first-order chi connectivity index (χ1) is 10.1. The van der Waals surface area contributed by atoms with Gasteiger partial charge >= 0.3 is 0 Å². The van der Waals surface area contributed by atoms with Crippen molar-refractivity contribution in [3.63, 3.8) is 0 Å². The molecule has 1 saturated carbocycles. The van der Waals surface area contributed by atoms with Crippen molar-refractivity contribution in [1.82, 2.24) is 4.90 Å². The van der Waals surface area contributed by atoms with Gasteiger partial charge in [0, 0.05) is 18.9 Å². The molecule has 1 aliphatic rings. The van der Waals surface area contributed by atoms with Crippen LogP contribution in [0.5, 0.6) is 0 Å². The summed E-state index contributed by atoms with van der Waals surface area (Å²) < 4.78 is 13.9. The van der Waals surface area contributed by atoms with Crippen LogP contribution >= 0.6 is 12.4 Å². The quantitative estimate of drug-likeness (QED) is 0.851. The summed E-state index contributed by atoms with van der Waals surface area (Å²) in [4.78, 5) is 2.36. The molecule has 0 aromatic heterocycles. The maximum atomic E-state index is 13.9. The van der Waals surface area contributed by atoms with Crippen LogP contribution in [0, 0.1) is 11.7 Å². The molecule has 2 atom stereocenters. The van der Waals surface area contributed by atoms with E-state index in [0.29, 0.717) is 12.0 Å². The lowest BCUT2D eigenvalue weighted by Crippen LogP contribution is -2.48. The summed E-state index contributed by atoms with van der Waals surface area (Å²) in [6.45, 7) is 7.23. The summed E-state index contributed by atoms with van der Waals surface area (Å²) in [6.07, 6.45) is 4.48. The van der Waals surface area contributed by atoms with Crippen LogP contribution in [-0.4, -0.2) is 35.2 Å². The third kappa shape index (κ3) is 4.68. The highest BCUT2D eigenvalue weighted by Gasteiger charge is 2.39.